The van der Waals surface area contributed by atoms with Crippen LogP contribution in [0.15, 0.2) is 0 Å². The zero-order chi connectivity index (χ0) is 6.01. The SMILES string of the molecule is [O-][NH+](C1CC1)C1C2CC21. The molecule has 0 radical (unpaired) electrons. The van der Waals surface area contributed by atoms with E-state index >= 15 is 0 Å². The molecule has 3 aliphatic carbocycles. The second-order valence-corrected chi connectivity index (χ2v) is 3.77. The first kappa shape index (κ1) is 4.69. The van der Waals surface area contributed by atoms with Gasteiger partial charge < -0.3 is 10.3 Å². The highest BCUT2D eigenvalue weighted by Gasteiger charge is 2.70. The Kier molecular flexibility index (Phi) is 0.616. The fourth-order valence-corrected chi connectivity index (χ4v) is 1.84. The number of rotatable bonds is 2. The van der Waals surface area contributed by atoms with Gasteiger partial charge in [0.25, 0.3) is 0 Å². The van der Waals surface area contributed by atoms with Crippen LogP contribution in [0.3, 0.4) is 0 Å². The summed E-state index contributed by atoms with van der Waals surface area (Å²) in [6.07, 6.45) is 3.78. The van der Waals surface area contributed by atoms with E-state index in [0.29, 0.717) is 17.1 Å². The van der Waals surface area contributed by atoms with Crippen molar-refractivity contribution in [2.45, 2.75) is 31.3 Å². The molecule has 50 valence electrons. The first-order chi connectivity index (χ1) is 4.38. The Bertz CT molecular complexity index is 147. The summed E-state index contributed by atoms with van der Waals surface area (Å²) < 4.78 is 0. The molecule has 0 saturated heterocycles. The maximum atomic E-state index is 11.2. The average molecular weight is 125 g/mol. The summed E-state index contributed by atoms with van der Waals surface area (Å²) in [7, 11) is 0. The van der Waals surface area contributed by atoms with Crippen molar-refractivity contribution in [2.75, 3.05) is 0 Å². The molecule has 3 atom stereocenters. The summed E-state index contributed by atoms with van der Waals surface area (Å²) in [6.45, 7) is 0. The van der Waals surface area contributed by atoms with Gasteiger partial charge in [-0.15, -0.1) is 0 Å². The first-order valence-corrected chi connectivity index (χ1v) is 3.91. The van der Waals surface area contributed by atoms with Crippen molar-refractivity contribution in [3.05, 3.63) is 5.21 Å². The predicted molar refractivity (Wildman–Crippen MR) is 32.7 cm³/mol. The van der Waals surface area contributed by atoms with Crippen LogP contribution in [0.5, 0.6) is 0 Å². The highest BCUT2D eigenvalue weighted by atomic mass is 16.5. The van der Waals surface area contributed by atoms with Crippen LogP contribution in [0.25, 0.3) is 0 Å². The molecule has 0 aliphatic heterocycles. The summed E-state index contributed by atoms with van der Waals surface area (Å²) in [6, 6.07) is 1.11. The Balaban J connectivity index is 1.65. The minimum atomic E-state index is 0.530. The largest absolute Gasteiger partial charge is 0.634 e. The van der Waals surface area contributed by atoms with Gasteiger partial charge >= 0.3 is 0 Å². The van der Waals surface area contributed by atoms with Crippen LogP contribution in [0, 0.1) is 17.0 Å². The Morgan fingerprint density at radius 2 is 1.89 bits per heavy atom. The topological polar surface area (TPSA) is 27.5 Å². The zero-order valence-electron chi connectivity index (χ0n) is 5.34. The highest BCUT2D eigenvalue weighted by molar-refractivity contribution is 5.13. The van der Waals surface area contributed by atoms with E-state index in [4.69, 9.17) is 0 Å². The number of quaternary nitrogens is 1. The van der Waals surface area contributed by atoms with Crippen LogP contribution in [0.1, 0.15) is 19.3 Å². The van der Waals surface area contributed by atoms with Gasteiger partial charge in [-0.3, -0.25) is 0 Å². The van der Waals surface area contributed by atoms with Crippen LogP contribution < -0.4 is 5.06 Å². The molecular weight excluding hydrogens is 114 g/mol. The summed E-state index contributed by atoms with van der Waals surface area (Å²) in [4.78, 5) is 0. The Morgan fingerprint density at radius 1 is 1.22 bits per heavy atom. The van der Waals surface area contributed by atoms with Gasteiger partial charge in [0.1, 0.15) is 0 Å². The lowest BCUT2D eigenvalue weighted by Gasteiger charge is -2.24. The normalized spacial score (nSPS) is 56.3. The van der Waals surface area contributed by atoms with Crippen LogP contribution in [0.4, 0.5) is 0 Å². The molecule has 3 fully saturated rings. The lowest BCUT2D eigenvalue weighted by atomic mass is 10.3. The van der Waals surface area contributed by atoms with E-state index < -0.39 is 0 Å². The predicted octanol–water partition coefficient (Wildman–Crippen LogP) is -0.450. The van der Waals surface area contributed by atoms with Gasteiger partial charge in [-0.25, -0.2) is 0 Å². The summed E-state index contributed by atoms with van der Waals surface area (Å²) in [5.74, 6) is 1.77. The Labute approximate surface area is 54.4 Å². The maximum absolute atomic E-state index is 11.2. The Morgan fingerprint density at radius 3 is 2.22 bits per heavy atom. The summed E-state index contributed by atoms with van der Waals surface area (Å²) in [5, 5.41) is 11.8. The van der Waals surface area contributed by atoms with Crippen molar-refractivity contribution in [1.82, 2.24) is 0 Å². The second-order valence-electron chi connectivity index (χ2n) is 3.77. The fraction of sp³-hybridized carbons (Fsp3) is 1.00. The minimum Gasteiger partial charge on any atom is -0.634 e. The quantitative estimate of drug-likeness (QED) is 0.497. The van der Waals surface area contributed by atoms with Crippen molar-refractivity contribution in [1.29, 1.82) is 0 Å². The average Bonchev–Trinajstić information content (AvgIpc) is 2.61. The van der Waals surface area contributed by atoms with Crippen molar-refractivity contribution in [3.63, 3.8) is 0 Å². The molecule has 2 nitrogen and oxygen atoms in total. The van der Waals surface area contributed by atoms with Crippen LogP contribution >= 0.6 is 0 Å². The van der Waals surface area contributed by atoms with E-state index in [-0.39, 0.29) is 0 Å². The molecule has 2 heteroatoms. The number of fused-ring (bicyclic) bond motifs is 1. The molecule has 9 heavy (non-hydrogen) atoms. The van der Waals surface area contributed by atoms with E-state index in [2.05, 4.69) is 0 Å². The van der Waals surface area contributed by atoms with Crippen molar-refractivity contribution in [2.24, 2.45) is 11.8 Å². The lowest BCUT2D eigenvalue weighted by molar-refractivity contribution is -0.878. The van der Waals surface area contributed by atoms with E-state index in [1.165, 1.54) is 19.3 Å². The number of hydrogen-bond donors (Lipinski definition) is 1. The minimum absolute atomic E-state index is 0.530. The molecular formula is C7H11NO. The molecule has 1 N–H and O–H groups in total. The van der Waals surface area contributed by atoms with E-state index in [0.717, 1.165) is 11.8 Å². The van der Waals surface area contributed by atoms with Crippen molar-refractivity contribution in [3.8, 4) is 0 Å². The van der Waals surface area contributed by atoms with Gasteiger partial charge in [-0.1, -0.05) is 0 Å². The molecule has 0 spiro atoms. The van der Waals surface area contributed by atoms with Gasteiger partial charge in [0.15, 0.2) is 0 Å². The lowest BCUT2D eigenvalue weighted by Crippen LogP contribution is -3.11. The van der Waals surface area contributed by atoms with Crippen molar-refractivity contribution < 1.29 is 5.06 Å². The molecule has 0 amide bonds. The third-order valence-corrected chi connectivity index (χ3v) is 2.98. The van der Waals surface area contributed by atoms with Crippen LogP contribution in [-0.4, -0.2) is 12.1 Å². The molecule has 0 aromatic carbocycles. The number of hydrogen-bond acceptors (Lipinski definition) is 1. The smallest absolute Gasteiger partial charge is 0.0941 e. The monoisotopic (exact) mass is 125 g/mol. The van der Waals surface area contributed by atoms with E-state index in [1.54, 1.807) is 0 Å². The van der Waals surface area contributed by atoms with Gasteiger partial charge in [0.2, 0.25) is 0 Å². The second kappa shape index (κ2) is 1.18. The Hall–Kier alpha value is -0.0800. The zero-order valence-corrected chi connectivity index (χ0v) is 5.34. The summed E-state index contributed by atoms with van der Waals surface area (Å²) >= 11 is 0. The third-order valence-electron chi connectivity index (χ3n) is 2.98. The highest BCUT2D eigenvalue weighted by Crippen LogP contribution is 2.61. The van der Waals surface area contributed by atoms with Gasteiger partial charge in [0, 0.05) is 24.7 Å². The third kappa shape index (κ3) is 0.528. The maximum Gasteiger partial charge on any atom is 0.0941 e. The molecule has 0 aromatic heterocycles. The van der Waals surface area contributed by atoms with Gasteiger partial charge in [-0.2, -0.15) is 0 Å². The van der Waals surface area contributed by atoms with Crippen LogP contribution in [0.2, 0.25) is 0 Å². The molecule has 0 aromatic rings. The summed E-state index contributed by atoms with van der Waals surface area (Å²) in [5.41, 5.74) is 0. The molecule has 3 rings (SSSR count). The number of hydroxylamine groups is 2. The van der Waals surface area contributed by atoms with Crippen LogP contribution in [-0.2, 0) is 0 Å². The van der Waals surface area contributed by atoms with E-state index in [9.17, 15) is 5.21 Å². The standard InChI is InChI=1S/C7H11NO/c9-8(4-1-2-4)7-5-3-6(5)7/h4-8H,1-3H2. The van der Waals surface area contributed by atoms with Crippen molar-refractivity contribution >= 4 is 0 Å². The van der Waals surface area contributed by atoms with E-state index in [1.807, 2.05) is 0 Å². The molecule has 0 bridgehead atoms. The molecule has 3 unspecified atom stereocenters. The van der Waals surface area contributed by atoms with Gasteiger partial charge in [-0.05, 0) is 6.42 Å². The number of nitrogens with one attached hydrogen (secondary N) is 1. The van der Waals surface area contributed by atoms with Gasteiger partial charge in [0.05, 0.1) is 12.1 Å². The molecule has 3 saturated carbocycles. The first-order valence-electron chi connectivity index (χ1n) is 3.91. The molecule has 3 aliphatic rings. The fourth-order valence-electron chi connectivity index (χ4n) is 1.84. The molecule has 0 heterocycles.